The van der Waals surface area contributed by atoms with Gasteiger partial charge in [0.15, 0.2) is 0 Å². The van der Waals surface area contributed by atoms with Gasteiger partial charge in [0.05, 0.1) is 17.4 Å². The third-order valence-electron chi connectivity index (χ3n) is 8.62. The van der Waals surface area contributed by atoms with Gasteiger partial charge in [-0.25, -0.2) is 9.97 Å². The number of amides is 1. The number of carbonyl (C=O) groups excluding carboxylic acids is 1. The van der Waals surface area contributed by atoms with E-state index in [4.69, 9.17) is 4.98 Å². The van der Waals surface area contributed by atoms with Crippen molar-refractivity contribution in [2.75, 3.05) is 44.2 Å². The van der Waals surface area contributed by atoms with Gasteiger partial charge in [0.1, 0.15) is 0 Å². The Bertz CT molecular complexity index is 801. The summed E-state index contributed by atoms with van der Waals surface area (Å²) < 4.78 is 0. The molecule has 5 rings (SSSR count). The number of rotatable bonds is 3. The summed E-state index contributed by atoms with van der Waals surface area (Å²) in [7, 11) is 0. The number of carbonyl (C=O) groups is 1. The maximum Gasteiger partial charge on any atom is 0.257 e. The molecule has 4 atom stereocenters. The second-order valence-electron chi connectivity index (χ2n) is 10.7. The number of nitrogens with zero attached hydrogens (tertiary/aromatic N) is 5. The summed E-state index contributed by atoms with van der Waals surface area (Å²) in [6.45, 7) is 9.67. The summed E-state index contributed by atoms with van der Waals surface area (Å²) in [4.78, 5) is 29.5. The largest absolute Gasteiger partial charge is 0.393 e. The van der Waals surface area contributed by atoms with E-state index in [9.17, 15) is 9.90 Å². The first kappa shape index (κ1) is 22.1. The zero-order chi connectivity index (χ0) is 22.2. The van der Waals surface area contributed by atoms with Crippen molar-refractivity contribution in [3.63, 3.8) is 0 Å². The molecular weight excluding hydrogens is 402 g/mol. The molecule has 2 saturated carbocycles. The Morgan fingerprint density at radius 3 is 2.41 bits per heavy atom. The van der Waals surface area contributed by atoms with E-state index >= 15 is 0 Å². The molecule has 0 aromatic carbocycles. The van der Waals surface area contributed by atoms with Crippen LogP contribution in [0.2, 0.25) is 0 Å². The van der Waals surface area contributed by atoms with Gasteiger partial charge in [0, 0.05) is 51.5 Å². The van der Waals surface area contributed by atoms with Crippen molar-refractivity contribution in [1.29, 1.82) is 0 Å². The Balaban J connectivity index is 1.20. The first-order valence-corrected chi connectivity index (χ1v) is 12.8. The maximum absolute atomic E-state index is 13.2. The number of hydrogen-bond acceptors (Lipinski definition) is 6. The number of aliphatic hydroxyl groups is 1. The highest BCUT2D eigenvalue weighted by Gasteiger charge is 2.42. The Morgan fingerprint density at radius 2 is 1.72 bits per heavy atom. The number of aliphatic hydroxyl groups excluding tert-OH is 1. The van der Waals surface area contributed by atoms with Gasteiger partial charge in [-0.15, -0.1) is 0 Å². The number of piperazine rings is 1. The van der Waals surface area contributed by atoms with Crippen molar-refractivity contribution in [1.82, 2.24) is 19.8 Å². The first-order valence-electron chi connectivity index (χ1n) is 12.8. The summed E-state index contributed by atoms with van der Waals surface area (Å²) in [6.07, 6.45) is 10.2. The highest BCUT2D eigenvalue weighted by Crippen LogP contribution is 2.39. The molecule has 7 nitrogen and oxygen atoms in total. The standard InChI is InChI=1S/C25H39N5O2/c1-17-12-19-15-30(16-20(19)13-23(17)31)24(32)22-14-26-25(27-18(22)2)29-10-8-28(9-11-29)21-6-4-3-5-7-21/h14,17,19-21,23,31H,3-13,15-16H2,1-2H3. The van der Waals surface area contributed by atoms with Crippen molar-refractivity contribution < 1.29 is 9.90 Å². The summed E-state index contributed by atoms with van der Waals surface area (Å²) in [5.74, 6) is 2.07. The fraction of sp³-hybridized carbons (Fsp3) is 0.800. The molecular formula is C25H39N5O2. The van der Waals surface area contributed by atoms with Crippen LogP contribution >= 0.6 is 0 Å². The molecule has 2 aliphatic heterocycles. The average molecular weight is 442 g/mol. The minimum absolute atomic E-state index is 0.0488. The van der Waals surface area contributed by atoms with E-state index in [0.717, 1.165) is 69.8 Å². The van der Waals surface area contributed by atoms with Crippen LogP contribution in [-0.2, 0) is 0 Å². The van der Waals surface area contributed by atoms with Gasteiger partial charge < -0.3 is 14.9 Å². The van der Waals surface area contributed by atoms with Crippen LogP contribution in [-0.4, -0.2) is 82.2 Å². The predicted octanol–water partition coefficient (Wildman–Crippen LogP) is 2.72. The number of likely N-dealkylation sites (tertiary alicyclic amines) is 1. The fourth-order valence-corrected chi connectivity index (χ4v) is 6.54. The van der Waals surface area contributed by atoms with Gasteiger partial charge in [0.2, 0.25) is 5.95 Å². The van der Waals surface area contributed by atoms with Crippen LogP contribution in [0.3, 0.4) is 0 Å². The van der Waals surface area contributed by atoms with Gasteiger partial charge >= 0.3 is 0 Å². The Kier molecular flexibility index (Phi) is 6.39. The van der Waals surface area contributed by atoms with E-state index < -0.39 is 0 Å². The van der Waals surface area contributed by atoms with Crippen molar-refractivity contribution >= 4 is 11.9 Å². The summed E-state index contributed by atoms with van der Waals surface area (Å²) in [5, 5.41) is 10.2. The van der Waals surface area contributed by atoms with Crippen LogP contribution in [0.25, 0.3) is 0 Å². The van der Waals surface area contributed by atoms with Crippen LogP contribution in [0, 0.1) is 24.7 Å². The first-order chi connectivity index (χ1) is 15.5. The molecule has 7 heteroatoms. The quantitative estimate of drug-likeness (QED) is 0.778. The van der Waals surface area contributed by atoms with Gasteiger partial charge in [-0.2, -0.15) is 0 Å². The van der Waals surface area contributed by atoms with E-state index in [-0.39, 0.29) is 12.0 Å². The molecule has 3 heterocycles. The molecule has 4 aliphatic rings. The number of aryl methyl sites for hydroxylation is 1. The number of hydrogen-bond donors (Lipinski definition) is 1. The molecule has 4 unspecified atom stereocenters. The van der Waals surface area contributed by atoms with E-state index in [0.29, 0.717) is 23.3 Å². The maximum atomic E-state index is 13.2. The number of aromatic nitrogens is 2. The normalized spacial score (nSPS) is 32.2. The van der Waals surface area contributed by atoms with Crippen LogP contribution in [0.5, 0.6) is 0 Å². The van der Waals surface area contributed by atoms with Gasteiger partial charge in [-0.3, -0.25) is 9.69 Å². The SMILES string of the molecule is Cc1nc(N2CCN(C3CCCCC3)CC2)ncc1C(=O)N1CC2CC(C)C(O)CC2C1. The molecule has 1 aromatic heterocycles. The molecule has 1 N–H and O–H groups in total. The molecule has 176 valence electrons. The smallest absolute Gasteiger partial charge is 0.257 e. The third kappa shape index (κ3) is 4.38. The molecule has 0 bridgehead atoms. The van der Waals surface area contributed by atoms with Crippen LogP contribution < -0.4 is 4.90 Å². The van der Waals surface area contributed by atoms with Crippen LogP contribution in [0.4, 0.5) is 5.95 Å². The van der Waals surface area contributed by atoms with E-state index in [1.807, 2.05) is 11.8 Å². The highest BCUT2D eigenvalue weighted by molar-refractivity contribution is 5.95. The summed E-state index contributed by atoms with van der Waals surface area (Å²) in [6, 6.07) is 0.766. The van der Waals surface area contributed by atoms with Crippen LogP contribution in [0.1, 0.15) is 67.9 Å². The Labute approximate surface area is 192 Å². The molecule has 0 radical (unpaired) electrons. The summed E-state index contributed by atoms with van der Waals surface area (Å²) in [5.41, 5.74) is 1.40. The molecule has 4 fully saturated rings. The third-order valence-corrected chi connectivity index (χ3v) is 8.62. The second kappa shape index (κ2) is 9.26. The van der Waals surface area contributed by atoms with Gasteiger partial charge in [-0.1, -0.05) is 26.2 Å². The lowest BCUT2D eigenvalue weighted by molar-refractivity contribution is 0.0383. The Hall–Kier alpha value is -1.73. The van der Waals surface area contributed by atoms with E-state index in [1.54, 1.807) is 6.20 Å². The zero-order valence-electron chi connectivity index (χ0n) is 19.7. The lowest BCUT2D eigenvalue weighted by Gasteiger charge is -2.40. The summed E-state index contributed by atoms with van der Waals surface area (Å²) >= 11 is 0. The monoisotopic (exact) mass is 441 g/mol. The molecule has 1 amide bonds. The predicted molar refractivity (Wildman–Crippen MR) is 125 cm³/mol. The average Bonchev–Trinajstić information content (AvgIpc) is 3.22. The number of anilines is 1. The minimum atomic E-state index is -0.228. The topological polar surface area (TPSA) is 72.8 Å². The van der Waals surface area contributed by atoms with Crippen molar-refractivity contribution in [2.45, 2.75) is 70.9 Å². The Morgan fingerprint density at radius 1 is 1.03 bits per heavy atom. The molecule has 0 spiro atoms. The highest BCUT2D eigenvalue weighted by atomic mass is 16.3. The fourth-order valence-electron chi connectivity index (χ4n) is 6.54. The minimum Gasteiger partial charge on any atom is -0.393 e. The molecule has 32 heavy (non-hydrogen) atoms. The van der Waals surface area contributed by atoms with Crippen molar-refractivity contribution in [3.05, 3.63) is 17.5 Å². The van der Waals surface area contributed by atoms with Gasteiger partial charge in [0.25, 0.3) is 5.91 Å². The van der Waals surface area contributed by atoms with Gasteiger partial charge in [-0.05, 0) is 50.4 Å². The van der Waals surface area contributed by atoms with Crippen molar-refractivity contribution in [2.24, 2.45) is 17.8 Å². The molecule has 1 aromatic rings. The van der Waals surface area contributed by atoms with Crippen molar-refractivity contribution in [3.8, 4) is 0 Å². The lowest BCUT2D eigenvalue weighted by Crippen LogP contribution is -2.51. The molecule has 2 saturated heterocycles. The van der Waals surface area contributed by atoms with Crippen LogP contribution in [0.15, 0.2) is 6.20 Å². The van der Waals surface area contributed by atoms with E-state index in [2.05, 4.69) is 21.7 Å². The zero-order valence-corrected chi connectivity index (χ0v) is 19.7. The number of fused-ring (bicyclic) bond motifs is 1. The second-order valence-corrected chi connectivity index (χ2v) is 10.7. The molecule has 2 aliphatic carbocycles. The lowest BCUT2D eigenvalue weighted by atomic mass is 9.75. The van der Waals surface area contributed by atoms with E-state index in [1.165, 1.54) is 32.1 Å².